The first kappa shape index (κ1) is 17.8. The van der Waals surface area contributed by atoms with E-state index in [1.54, 1.807) is 12.1 Å². The van der Waals surface area contributed by atoms with Gasteiger partial charge >= 0.3 is 0 Å². The van der Waals surface area contributed by atoms with Crippen molar-refractivity contribution in [2.75, 3.05) is 10.6 Å². The van der Waals surface area contributed by atoms with Crippen LogP contribution in [0.1, 0.15) is 12.5 Å². The smallest absolute Gasteiger partial charge is 0.221 e. The molecule has 0 aromatic heterocycles. The molecule has 3 aromatic carbocycles. The van der Waals surface area contributed by atoms with Crippen molar-refractivity contribution in [3.63, 3.8) is 0 Å². The summed E-state index contributed by atoms with van der Waals surface area (Å²) < 4.78 is 5.98. The van der Waals surface area contributed by atoms with E-state index < -0.39 is 0 Å². The number of hydrogen-bond donors (Lipinski definition) is 2. The Kier molecular flexibility index (Phi) is 5.44. The maximum Gasteiger partial charge on any atom is 0.221 e. The lowest BCUT2D eigenvalue weighted by atomic mass is 10.1. The highest BCUT2D eigenvalue weighted by Gasteiger charge is 2.09. The second-order valence-electron chi connectivity index (χ2n) is 5.84. The van der Waals surface area contributed by atoms with E-state index in [0.29, 0.717) is 16.5 Å². The number of rotatable bonds is 5. The molecule has 0 aliphatic carbocycles. The summed E-state index contributed by atoms with van der Waals surface area (Å²) in [4.78, 5) is 11.4. The number of hydrogen-bond acceptors (Lipinski definition) is 3. The van der Waals surface area contributed by atoms with Crippen LogP contribution in [0.3, 0.4) is 0 Å². The Hall–Kier alpha value is -2.98. The van der Waals surface area contributed by atoms with Crippen molar-refractivity contribution in [2.24, 2.45) is 0 Å². The molecule has 0 aliphatic heterocycles. The summed E-state index contributed by atoms with van der Waals surface area (Å²) in [6, 6.07) is 20.6. The number of ether oxygens (including phenoxy) is 1. The largest absolute Gasteiger partial charge is 0.455 e. The molecule has 3 aromatic rings. The first-order valence-corrected chi connectivity index (χ1v) is 8.57. The number of carbonyl (C=O) groups excluding carboxylic acids is 1. The molecule has 26 heavy (non-hydrogen) atoms. The van der Waals surface area contributed by atoms with Crippen LogP contribution in [0.25, 0.3) is 0 Å². The van der Waals surface area contributed by atoms with Gasteiger partial charge in [-0.05, 0) is 61.0 Å². The molecule has 3 rings (SSSR count). The van der Waals surface area contributed by atoms with Crippen molar-refractivity contribution < 1.29 is 9.53 Å². The fraction of sp³-hybridized carbons (Fsp3) is 0.0952. The molecule has 1 amide bonds. The minimum atomic E-state index is -0.100. The first-order chi connectivity index (χ1) is 12.5. The van der Waals surface area contributed by atoms with Gasteiger partial charge in [-0.15, -0.1) is 0 Å². The van der Waals surface area contributed by atoms with Gasteiger partial charge in [0.15, 0.2) is 5.75 Å². The van der Waals surface area contributed by atoms with E-state index in [4.69, 9.17) is 16.3 Å². The zero-order valence-electron chi connectivity index (χ0n) is 14.5. The molecule has 2 N–H and O–H groups in total. The van der Waals surface area contributed by atoms with Crippen molar-refractivity contribution in [1.29, 1.82) is 0 Å². The molecular weight excluding hydrogens is 348 g/mol. The van der Waals surface area contributed by atoms with E-state index in [0.717, 1.165) is 22.6 Å². The van der Waals surface area contributed by atoms with Gasteiger partial charge in [0, 0.05) is 23.3 Å². The Balaban J connectivity index is 1.87. The number of benzene rings is 3. The van der Waals surface area contributed by atoms with E-state index in [1.165, 1.54) is 6.92 Å². The monoisotopic (exact) mass is 366 g/mol. The van der Waals surface area contributed by atoms with Crippen LogP contribution < -0.4 is 15.4 Å². The summed E-state index contributed by atoms with van der Waals surface area (Å²) in [5.74, 6) is 1.29. The maximum absolute atomic E-state index is 11.4. The van der Waals surface area contributed by atoms with Gasteiger partial charge in [-0.1, -0.05) is 29.8 Å². The SMILES string of the molecule is CC(=O)Nc1cccc(Nc2ccccc2Oc2ccc(Cl)cc2)c1C. The van der Waals surface area contributed by atoms with E-state index in [9.17, 15) is 4.79 Å². The lowest BCUT2D eigenvalue weighted by molar-refractivity contribution is -0.114. The molecule has 4 nitrogen and oxygen atoms in total. The first-order valence-electron chi connectivity index (χ1n) is 8.19. The summed E-state index contributed by atoms with van der Waals surface area (Å²) in [5.41, 5.74) is 3.44. The Bertz CT molecular complexity index is 924. The Morgan fingerprint density at radius 1 is 0.885 bits per heavy atom. The van der Waals surface area contributed by atoms with Crippen molar-refractivity contribution in [3.05, 3.63) is 77.3 Å². The highest BCUT2D eigenvalue weighted by Crippen LogP contribution is 2.34. The minimum Gasteiger partial charge on any atom is -0.455 e. The number of carbonyl (C=O) groups is 1. The van der Waals surface area contributed by atoms with E-state index in [1.807, 2.05) is 61.5 Å². The third-order valence-corrected chi connectivity index (χ3v) is 4.09. The van der Waals surface area contributed by atoms with Gasteiger partial charge in [0.05, 0.1) is 5.69 Å². The molecule has 0 saturated carbocycles. The van der Waals surface area contributed by atoms with Crippen LogP contribution in [-0.4, -0.2) is 5.91 Å². The average Bonchev–Trinajstić information content (AvgIpc) is 2.61. The van der Waals surface area contributed by atoms with E-state index in [2.05, 4.69) is 10.6 Å². The quantitative estimate of drug-likeness (QED) is 0.570. The fourth-order valence-corrected chi connectivity index (χ4v) is 2.66. The van der Waals surface area contributed by atoms with Crippen LogP contribution >= 0.6 is 11.6 Å². The Morgan fingerprint density at radius 3 is 2.27 bits per heavy atom. The third kappa shape index (κ3) is 4.35. The summed E-state index contributed by atoms with van der Waals surface area (Å²) in [6.07, 6.45) is 0. The van der Waals surface area contributed by atoms with Crippen LogP contribution in [0.5, 0.6) is 11.5 Å². The van der Waals surface area contributed by atoms with Crippen molar-refractivity contribution in [2.45, 2.75) is 13.8 Å². The number of anilines is 3. The molecule has 5 heteroatoms. The topological polar surface area (TPSA) is 50.4 Å². The molecule has 0 radical (unpaired) electrons. The van der Waals surface area contributed by atoms with E-state index in [-0.39, 0.29) is 5.91 Å². The zero-order valence-corrected chi connectivity index (χ0v) is 15.3. The van der Waals surface area contributed by atoms with Crippen LogP contribution in [0, 0.1) is 6.92 Å². The molecule has 0 spiro atoms. The highest BCUT2D eigenvalue weighted by molar-refractivity contribution is 6.30. The third-order valence-electron chi connectivity index (χ3n) is 3.84. The van der Waals surface area contributed by atoms with Gasteiger partial charge in [0.2, 0.25) is 5.91 Å². The second-order valence-corrected chi connectivity index (χ2v) is 6.27. The zero-order chi connectivity index (χ0) is 18.5. The van der Waals surface area contributed by atoms with Gasteiger partial charge in [0.1, 0.15) is 5.75 Å². The van der Waals surface area contributed by atoms with Crippen molar-refractivity contribution in [1.82, 2.24) is 0 Å². The molecule has 0 saturated heterocycles. The lowest BCUT2D eigenvalue weighted by Gasteiger charge is -2.16. The van der Waals surface area contributed by atoms with Gasteiger partial charge in [-0.3, -0.25) is 4.79 Å². The summed E-state index contributed by atoms with van der Waals surface area (Å²) in [5, 5.41) is 6.88. The second kappa shape index (κ2) is 7.93. The Labute approximate surface area is 157 Å². The fourth-order valence-electron chi connectivity index (χ4n) is 2.53. The van der Waals surface area contributed by atoms with Gasteiger partial charge < -0.3 is 15.4 Å². The number of amides is 1. The highest BCUT2D eigenvalue weighted by atomic mass is 35.5. The molecule has 0 aliphatic rings. The van der Waals surface area contributed by atoms with Crippen molar-refractivity contribution in [3.8, 4) is 11.5 Å². The number of halogens is 1. The summed E-state index contributed by atoms with van der Waals surface area (Å²) >= 11 is 5.92. The standard InChI is InChI=1S/C21H19ClN2O2/c1-14-18(23-15(2)25)7-5-8-19(14)24-20-6-3-4-9-21(20)26-17-12-10-16(22)11-13-17/h3-13,24H,1-2H3,(H,23,25). The van der Waals surface area contributed by atoms with Crippen LogP contribution in [-0.2, 0) is 4.79 Å². The molecule has 0 unspecified atom stereocenters. The average molecular weight is 367 g/mol. The predicted octanol–water partition coefficient (Wildman–Crippen LogP) is 6.14. The normalized spacial score (nSPS) is 10.3. The summed E-state index contributed by atoms with van der Waals surface area (Å²) in [7, 11) is 0. The molecule has 0 bridgehead atoms. The van der Waals surface area contributed by atoms with Crippen LogP contribution in [0.4, 0.5) is 17.1 Å². The molecular formula is C21H19ClN2O2. The lowest BCUT2D eigenvalue weighted by Crippen LogP contribution is -2.08. The molecule has 132 valence electrons. The predicted molar refractivity (Wildman–Crippen MR) is 107 cm³/mol. The van der Waals surface area contributed by atoms with Gasteiger partial charge in [-0.25, -0.2) is 0 Å². The molecule has 0 fully saturated rings. The number of nitrogens with one attached hydrogen (secondary N) is 2. The van der Waals surface area contributed by atoms with Crippen LogP contribution in [0.2, 0.25) is 5.02 Å². The minimum absolute atomic E-state index is 0.100. The summed E-state index contributed by atoms with van der Waals surface area (Å²) in [6.45, 7) is 3.45. The van der Waals surface area contributed by atoms with Crippen LogP contribution in [0.15, 0.2) is 66.7 Å². The van der Waals surface area contributed by atoms with Gasteiger partial charge in [0.25, 0.3) is 0 Å². The maximum atomic E-state index is 11.4. The van der Waals surface area contributed by atoms with Gasteiger partial charge in [-0.2, -0.15) is 0 Å². The van der Waals surface area contributed by atoms with Crippen molar-refractivity contribution >= 4 is 34.6 Å². The molecule has 0 heterocycles. The number of para-hydroxylation sites is 2. The molecule has 0 atom stereocenters. The van der Waals surface area contributed by atoms with E-state index >= 15 is 0 Å². The Morgan fingerprint density at radius 2 is 1.54 bits per heavy atom.